The molecule has 0 heterocycles. The Hall–Kier alpha value is 0.170. The van der Waals surface area contributed by atoms with Gasteiger partial charge in [-0.15, -0.1) is 0 Å². The second-order valence-corrected chi connectivity index (χ2v) is 13.9. The fraction of sp³-hybridized carbons (Fsp3) is 1.00. The summed E-state index contributed by atoms with van der Waals surface area (Å²) in [5, 5.41) is 0. The summed E-state index contributed by atoms with van der Waals surface area (Å²) >= 11 is 0. The van der Waals surface area contributed by atoms with Gasteiger partial charge in [-0.3, -0.25) is 8.37 Å². The highest BCUT2D eigenvalue weighted by Crippen LogP contribution is 2.53. The lowest BCUT2D eigenvalue weighted by atomic mass is 9.98. The topological polar surface area (TPSA) is 86.7 Å². The Bertz CT molecular complexity index is 622. The largest absolute Gasteiger partial charge is 0.339 e. The van der Waals surface area contributed by atoms with E-state index < -0.39 is 29.5 Å². The molecular formula is C14H22O6S3. The van der Waals surface area contributed by atoms with Crippen molar-refractivity contribution >= 4 is 28.1 Å². The Morgan fingerprint density at radius 3 is 1.30 bits per heavy atom. The van der Waals surface area contributed by atoms with Gasteiger partial charge >= 0.3 is 18.3 Å². The maximum Gasteiger partial charge on any atom is 0.339 e. The van der Waals surface area contributed by atoms with Gasteiger partial charge in [-0.2, -0.15) is 16.8 Å². The van der Waals surface area contributed by atoms with Crippen molar-refractivity contribution in [2.75, 3.05) is 0 Å². The van der Waals surface area contributed by atoms with Crippen LogP contribution in [0.25, 0.3) is 0 Å². The average Bonchev–Trinajstić information content (AvgIpc) is 3.13. The minimum Gasteiger partial charge on any atom is -0.254 e. The average molecular weight is 383 g/mol. The summed E-state index contributed by atoms with van der Waals surface area (Å²) in [6.45, 7) is 0. The fourth-order valence-electron chi connectivity index (χ4n) is 5.07. The van der Waals surface area contributed by atoms with Crippen LogP contribution in [0.3, 0.4) is 0 Å². The highest BCUT2D eigenvalue weighted by Gasteiger charge is 2.52. The van der Waals surface area contributed by atoms with E-state index in [1.807, 2.05) is 0 Å². The molecule has 0 amide bonds. The second kappa shape index (κ2) is 5.33. The molecule has 0 N–H and O–H groups in total. The molecule has 0 aromatic heterocycles. The first-order chi connectivity index (χ1) is 10.7. The van der Waals surface area contributed by atoms with Gasteiger partial charge in [0.25, 0.3) is 0 Å². The quantitative estimate of drug-likeness (QED) is 0.653. The van der Waals surface area contributed by atoms with Gasteiger partial charge in [0.15, 0.2) is 9.83 Å². The van der Waals surface area contributed by atoms with Gasteiger partial charge in [0, 0.05) is 0 Å². The summed E-state index contributed by atoms with van der Waals surface area (Å²) in [4.78, 5) is 0. The summed E-state index contributed by atoms with van der Waals surface area (Å²) in [5.74, 6) is 1.05. The van der Waals surface area contributed by atoms with Gasteiger partial charge < -0.3 is 0 Å². The summed E-state index contributed by atoms with van der Waals surface area (Å²) in [6.07, 6.45) is 8.10. The van der Waals surface area contributed by atoms with Crippen LogP contribution in [0.2, 0.25) is 0 Å². The van der Waals surface area contributed by atoms with Crippen molar-refractivity contribution < 1.29 is 25.2 Å². The molecule has 0 radical (unpaired) electrons. The third-order valence-corrected chi connectivity index (χ3v) is 11.9. The first-order valence-electron chi connectivity index (χ1n) is 8.31. The first-order valence-corrected chi connectivity index (χ1v) is 13.0. The van der Waals surface area contributed by atoms with Crippen LogP contribution < -0.4 is 0 Å². The Kier molecular flexibility index (Phi) is 3.85. The molecular weight excluding hydrogens is 360 g/mol. The molecule has 4 saturated carbocycles. The standard InChI is InChI=1S/C14H22O6S3/c15-22(16,19-13-5-1-11(9-13)2-6-13)21-23(17,18)20-14-7-3-12(10-14)4-8-14/h11-12H,1-10H2. The summed E-state index contributed by atoms with van der Waals surface area (Å²) in [5.41, 5.74) is -1.34. The van der Waals surface area contributed by atoms with E-state index in [9.17, 15) is 16.8 Å². The van der Waals surface area contributed by atoms with Crippen LogP contribution in [-0.2, 0) is 26.7 Å². The van der Waals surface area contributed by atoms with E-state index in [2.05, 4.69) is 0 Å². The van der Waals surface area contributed by atoms with Gasteiger partial charge in [0.2, 0.25) is 0 Å². The molecule has 0 atom stereocenters. The lowest BCUT2D eigenvalue weighted by Gasteiger charge is -2.27. The Morgan fingerprint density at radius 1 is 0.696 bits per heavy atom. The number of rotatable bonds is 6. The zero-order chi connectivity index (χ0) is 16.3. The molecule has 6 nitrogen and oxygen atoms in total. The van der Waals surface area contributed by atoms with Crippen molar-refractivity contribution in [1.82, 2.24) is 0 Å². The molecule has 0 saturated heterocycles. The van der Waals surface area contributed by atoms with E-state index >= 15 is 0 Å². The maximum absolute atomic E-state index is 12.2. The molecule has 0 unspecified atom stereocenters. The molecule has 4 bridgehead atoms. The molecule has 132 valence electrons. The molecule has 0 aromatic rings. The van der Waals surface area contributed by atoms with Crippen molar-refractivity contribution in [1.29, 1.82) is 0 Å². The predicted octanol–water partition coefficient (Wildman–Crippen LogP) is 2.91. The molecule has 4 aliphatic carbocycles. The molecule has 4 fully saturated rings. The van der Waals surface area contributed by atoms with Crippen molar-refractivity contribution in [2.45, 2.75) is 75.4 Å². The van der Waals surface area contributed by atoms with Gasteiger partial charge in [0.05, 0.1) is 11.2 Å². The molecule has 23 heavy (non-hydrogen) atoms. The molecule has 4 rings (SSSR count). The fourth-order valence-corrected chi connectivity index (χ4v) is 10.7. The van der Waals surface area contributed by atoms with Gasteiger partial charge in [-0.05, 0) is 76.0 Å². The van der Waals surface area contributed by atoms with E-state index in [4.69, 9.17) is 8.37 Å². The lowest BCUT2D eigenvalue weighted by Crippen LogP contribution is -2.31. The van der Waals surface area contributed by atoms with Crippen LogP contribution in [0.5, 0.6) is 0 Å². The Morgan fingerprint density at radius 2 is 1.04 bits per heavy atom. The lowest BCUT2D eigenvalue weighted by molar-refractivity contribution is 0.0918. The van der Waals surface area contributed by atoms with E-state index in [1.165, 1.54) is 0 Å². The Labute approximate surface area is 140 Å². The van der Waals surface area contributed by atoms with E-state index in [0.717, 1.165) is 38.5 Å². The summed E-state index contributed by atoms with van der Waals surface area (Å²) < 4.78 is 59.6. The number of fused-ring (bicyclic) bond motifs is 4. The smallest absolute Gasteiger partial charge is 0.254 e. The van der Waals surface area contributed by atoms with Crippen LogP contribution in [0.4, 0.5) is 0 Å². The molecule has 9 heteroatoms. The van der Waals surface area contributed by atoms with E-state index in [1.54, 1.807) is 0 Å². The van der Waals surface area contributed by atoms with Gasteiger partial charge in [0.1, 0.15) is 0 Å². The zero-order valence-corrected chi connectivity index (χ0v) is 15.3. The van der Waals surface area contributed by atoms with Crippen molar-refractivity contribution in [3.63, 3.8) is 0 Å². The normalized spacial score (nSPS) is 42.6. The SMILES string of the molecule is O=S(=O)(OC12CCC(CC1)C2)SS(=O)(=O)OC12CCC(CC1)C2. The molecule has 0 aromatic carbocycles. The van der Waals surface area contributed by atoms with E-state index in [-0.39, 0.29) is 9.83 Å². The van der Waals surface area contributed by atoms with E-state index in [0.29, 0.717) is 37.5 Å². The highest BCUT2D eigenvalue weighted by molar-refractivity contribution is 9.02. The molecule has 0 spiro atoms. The highest BCUT2D eigenvalue weighted by atomic mass is 33.5. The van der Waals surface area contributed by atoms with Crippen molar-refractivity contribution in [3.05, 3.63) is 0 Å². The molecule has 0 aliphatic heterocycles. The predicted molar refractivity (Wildman–Crippen MR) is 86.2 cm³/mol. The molecule has 4 aliphatic rings. The van der Waals surface area contributed by atoms with Crippen LogP contribution in [0.1, 0.15) is 64.2 Å². The second-order valence-electron chi connectivity index (χ2n) is 7.71. The number of hydrogen-bond donors (Lipinski definition) is 0. The minimum atomic E-state index is -4.23. The van der Waals surface area contributed by atoms with Crippen LogP contribution in [0.15, 0.2) is 0 Å². The van der Waals surface area contributed by atoms with Gasteiger partial charge in [-0.1, -0.05) is 0 Å². The monoisotopic (exact) mass is 382 g/mol. The number of hydrogen-bond acceptors (Lipinski definition) is 7. The third-order valence-electron chi connectivity index (χ3n) is 6.08. The van der Waals surface area contributed by atoms with Crippen LogP contribution in [-0.4, -0.2) is 28.0 Å². The van der Waals surface area contributed by atoms with Crippen molar-refractivity contribution in [2.24, 2.45) is 11.8 Å². The zero-order valence-electron chi connectivity index (χ0n) is 12.9. The van der Waals surface area contributed by atoms with Crippen LogP contribution >= 0.6 is 9.83 Å². The Balaban J connectivity index is 1.43. The van der Waals surface area contributed by atoms with Gasteiger partial charge in [-0.25, -0.2) is 0 Å². The maximum atomic E-state index is 12.2. The summed E-state index contributed by atoms with van der Waals surface area (Å²) in [7, 11) is -8.61. The van der Waals surface area contributed by atoms with Crippen LogP contribution in [0, 0.1) is 11.8 Å². The first kappa shape index (κ1) is 16.6. The summed E-state index contributed by atoms with van der Waals surface area (Å²) in [6, 6.07) is 0. The minimum absolute atomic E-state index is 0.157. The van der Waals surface area contributed by atoms with Crippen molar-refractivity contribution in [3.8, 4) is 0 Å². The third kappa shape index (κ3) is 3.31.